The summed E-state index contributed by atoms with van der Waals surface area (Å²) in [6, 6.07) is 5.94. The molecule has 3 rings (SSSR count). The van der Waals surface area contributed by atoms with Crippen LogP contribution in [-0.2, 0) is 0 Å². The molecule has 4 atom stereocenters. The molecule has 24 heavy (non-hydrogen) atoms. The standard InChI is InChI=1S/C15H14ClFN2O4S/c16-14-10(23-15-13(22)12(21)9(20)6-24-15)3-2-8(19-14)7-1-4-11(17)18-5-7/h1-5,9,12-13,15,20-22H,6H2/t9-,12+,13-,15+/m1/s1. The SMILES string of the molecule is O[C@@H]1[C@@H](O)[C@@H](Oc2ccc(-c3ccc(F)nc3)nc2Cl)SC[C@H]1O. The van der Waals surface area contributed by atoms with Gasteiger partial charge in [-0.15, -0.1) is 11.8 Å². The summed E-state index contributed by atoms with van der Waals surface area (Å²) in [7, 11) is 0. The third-order valence-corrected chi connectivity index (χ3v) is 5.04. The van der Waals surface area contributed by atoms with Crippen molar-refractivity contribution in [3.63, 3.8) is 0 Å². The van der Waals surface area contributed by atoms with Crippen LogP contribution in [-0.4, -0.2) is 54.8 Å². The normalized spacial score (nSPS) is 27.0. The Morgan fingerprint density at radius 3 is 2.62 bits per heavy atom. The Bertz CT molecular complexity index is 721. The molecule has 6 nitrogen and oxygen atoms in total. The van der Waals surface area contributed by atoms with E-state index in [9.17, 15) is 19.7 Å². The Hall–Kier alpha value is -1.45. The number of thioether (sulfide) groups is 1. The van der Waals surface area contributed by atoms with Gasteiger partial charge in [-0.05, 0) is 24.3 Å². The Morgan fingerprint density at radius 1 is 1.17 bits per heavy atom. The first-order valence-corrected chi connectivity index (χ1v) is 8.49. The second kappa shape index (κ2) is 7.20. The minimum atomic E-state index is -1.28. The van der Waals surface area contributed by atoms with Gasteiger partial charge in [0.2, 0.25) is 5.95 Å². The van der Waals surface area contributed by atoms with Gasteiger partial charge in [-0.2, -0.15) is 4.39 Å². The summed E-state index contributed by atoms with van der Waals surface area (Å²) in [6.45, 7) is 0. The molecule has 2 aromatic heterocycles. The topological polar surface area (TPSA) is 95.7 Å². The lowest BCUT2D eigenvalue weighted by molar-refractivity contribution is -0.0786. The number of aliphatic hydroxyl groups is 3. The molecular weight excluding hydrogens is 359 g/mol. The zero-order valence-electron chi connectivity index (χ0n) is 12.2. The van der Waals surface area contributed by atoms with Crippen molar-refractivity contribution >= 4 is 23.4 Å². The Kier molecular flexibility index (Phi) is 5.21. The molecule has 0 bridgehead atoms. The first kappa shape index (κ1) is 17.4. The maximum Gasteiger partial charge on any atom is 0.212 e. The van der Waals surface area contributed by atoms with Crippen LogP contribution in [0.4, 0.5) is 4.39 Å². The highest BCUT2D eigenvalue weighted by molar-refractivity contribution is 7.99. The van der Waals surface area contributed by atoms with Crippen molar-refractivity contribution in [1.82, 2.24) is 9.97 Å². The van der Waals surface area contributed by atoms with E-state index in [-0.39, 0.29) is 16.7 Å². The van der Waals surface area contributed by atoms with Crippen LogP contribution >= 0.6 is 23.4 Å². The van der Waals surface area contributed by atoms with Crippen LogP contribution in [0, 0.1) is 5.95 Å². The predicted octanol–water partition coefficient (Wildman–Crippen LogP) is 1.47. The third kappa shape index (κ3) is 3.62. The van der Waals surface area contributed by atoms with Crippen LogP contribution in [0.2, 0.25) is 5.15 Å². The van der Waals surface area contributed by atoms with E-state index in [1.807, 2.05) is 0 Å². The second-order valence-electron chi connectivity index (χ2n) is 5.22. The second-order valence-corrected chi connectivity index (χ2v) is 6.71. The molecule has 9 heteroatoms. The highest BCUT2D eigenvalue weighted by Gasteiger charge is 2.38. The van der Waals surface area contributed by atoms with Gasteiger partial charge in [-0.1, -0.05) is 11.6 Å². The van der Waals surface area contributed by atoms with Crippen LogP contribution in [0.5, 0.6) is 5.75 Å². The third-order valence-electron chi connectivity index (χ3n) is 3.54. The summed E-state index contributed by atoms with van der Waals surface area (Å²) in [5, 5.41) is 29.2. The summed E-state index contributed by atoms with van der Waals surface area (Å²) in [4.78, 5) is 7.73. The molecule has 0 spiro atoms. The number of hydrogen-bond donors (Lipinski definition) is 3. The fraction of sp³-hybridized carbons (Fsp3) is 0.333. The molecule has 1 fully saturated rings. The summed E-state index contributed by atoms with van der Waals surface area (Å²) in [5.41, 5.74) is 0.309. The fourth-order valence-corrected chi connectivity index (χ4v) is 3.52. The van der Waals surface area contributed by atoms with Gasteiger partial charge >= 0.3 is 0 Å². The average Bonchev–Trinajstić information content (AvgIpc) is 2.57. The van der Waals surface area contributed by atoms with Gasteiger partial charge in [0.05, 0.1) is 11.8 Å². The molecule has 3 N–H and O–H groups in total. The van der Waals surface area contributed by atoms with Crippen molar-refractivity contribution in [3.8, 4) is 17.0 Å². The van der Waals surface area contributed by atoms with E-state index in [2.05, 4.69) is 9.97 Å². The number of rotatable bonds is 3. The molecule has 0 saturated carbocycles. The molecular formula is C15H14ClFN2O4S. The molecule has 0 aromatic carbocycles. The predicted molar refractivity (Wildman–Crippen MR) is 87.3 cm³/mol. The van der Waals surface area contributed by atoms with E-state index in [1.165, 1.54) is 30.1 Å². The zero-order valence-corrected chi connectivity index (χ0v) is 13.8. The van der Waals surface area contributed by atoms with E-state index in [1.54, 1.807) is 12.1 Å². The quantitative estimate of drug-likeness (QED) is 0.702. The molecule has 128 valence electrons. The minimum absolute atomic E-state index is 0.0604. The summed E-state index contributed by atoms with van der Waals surface area (Å²) in [6.07, 6.45) is -2.21. The van der Waals surface area contributed by atoms with Crippen molar-refractivity contribution in [2.75, 3.05) is 5.75 Å². The monoisotopic (exact) mass is 372 g/mol. The van der Waals surface area contributed by atoms with Crippen molar-refractivity contribution in [1.29, 1.82) is 0 Å². The molecule has 1 aliphatic rings. The van der Waals surface area contributed by atoms with Gasteiger partial charge in [0.25, 0.3) is 0 Å². The van der Waals surface area contributed by atoms with Crippen LogP contribution in [0.25, 0.3) is 11.3 Å². The molecule has 0 amide bonds. The lowest BCUT2D eigenvalue weighted by atomic mass is 10.1. The Labute approximate surface area is 146 Å². The van der Waals surface area contributed by atoms with Gasteiger partial charge in [0, 0.05) is 17.5 Å². The van der Waals surface area contributed by atoms with Gasteiger partial charge in [0.1, 0.15) is 12.2 Å². The van der Waals surface area contributed by atoms with Crippen molar-refractivity contribution in [2.45, 2.75) is 23.7 Å². The van der Waals surface area contributed by atoms with E-state index >= 15 is 0 Å². The number of aliphatic hydroxyl groups excluding tert-OH is 3. The number of hydrogen-bond acceptors (Lipinski definition) is 7. The summed E-state index contributed by atoms with van der Waals surface area (Å²) < 4.78 is 18.5. The number of nitrogens with zero attached hydrogens (tertiary/aromatic N) is 2. The highest BCUT2D eigenvalue weighted by Crippen LogP contribution is 2.33. The smallest absolute Gasteiger partial charge is 0.212 e. The number of ether oxygens (including phenoxy) is 1. The van der Waals surface area contributed by atoms with Crippen LogP contribution in [0.3, 0.4) is 0 Å². The number of halogens is 2. The van der Waals surface area contributed by atoms with Gasteiger partial charge in [-0.25, -0.2) is 9.97 Å². The first-order chi connectivity index (χ1) is 11.5. The number of pyridine rings is 2. The average molecular weight is 373 g/mol. The molecule has 1 aliphatic heterocycles. The largest absolute Gasteiger partial charge is 0.474 e. The maximum atomic E-state index is 12.9. The van der Waals surface area contributed by atoms with Crippen LogP contribution in [0.15, 0.2) is 30.5 Å². The summed E-state index contributed by atoms with van der Waals surface area (Å²) >= 11 is 7.28. The molecule has 0 unspecified atom stereocenters. The van der Waals surface area contributed by atoms with Crippen molar-refractivity contribution < 1.29 is 24.4 Å². The molecule has 3 heterocycles. The van der Waals surface area contributed by atoms with E-state index in [0.29, 0.717) is 11.3 Å². The van der Waals surface area contributed by atoms with Crippen LogP contribution < -0.4 is 4.74 Å². The van der Waals surface area contributed by atoms with E-state index < -0.39 is 29.7 Å². The van der Waals surface area contributed by atoms with Crippen molar-refractivity contribution in [2.24, 2.45) is 0 Å². The maximum absolute atomic E-state index is 12.9. The molecule has 0 radical (unpaired) electrons. The first-order valence-electron chi connectivity index (χ1n) is 7.06. The molecule has 2 aromatic rings. The van der Waals surface area contributed by atoms with Crippen molar-refractivity contribution in [3.05, 3.63) is 41.6 Å². The zero-order chi connectivity index (χ0) is 17.3. The Balaban J connectivity index is 1.77. The van der Waals surface area contributed by atoms with E-state index in [4.69, 9.17) is 16.3 Å². The van der Waals surface area contributed by atoms with Gasteiger partial charge in [-0.3, -0.25) is 0 Å². The lowest BCUT2D eigenvalue weighted by Crippen LogP contribution is -2.50. The summed E-state index contributed by atoms with van der Waals surface area (Å²) in [5.74, 6) is -0.128. The lowest BCUT2D eigenvalue weighted by Gasteiger charge is -2.34. The molecule has 0 aliphatic carbocycles. The van der Waals surface area contributed by atoms with Gasteiger partial charge in [0.15, 0.2) is 16.3 Å². The van der Waals surface area contributed by atoms with Crippen LogP contribution in [0.1, 0.15) is 0 Å². The van der Waals surface area contributed by atoms with E-state index in [0.717, 1.165) is 0 Å². The fourth-order valence-electron chi connectivity index (χ4n) is 2.21. The van der Waals surface area contributed by atoms with Gasteiger partial charge < -0.3 is 20.1 Å². The number of aromatic nitrogens is 2. The molecule has 1 saturated heterocycles. The Morgan fingerprint density at radius 2 is 1.96 bits per heavy atom. The minimum Gasteiger partial charge on any atom is -0.474 e. The highest BCUT2D eigenvalue weighted by atomic mass is 35.5.